The summed E-state index contributed by atoms with van der Waals surface area (Å²) in [7, 11) is 0. The SMILES string of the molecule is CCN(CC)CCN(C(=O)C=Cc1ccccc1Cl)c1nc2ccc(Cl)cc2s1. The summed E-state index contributed by atoms with van der Waals surface area (Å²) in [5.41, 5.74) is 1.65. The van der Waals surface area contributed by atoms with Gasteiger partial charge in [-0.25, -0.2) is 4.98 Å². The van der Waals surface area contributed by atoms with Crippen LogP contribution >= 0.6 is 34.5 Å². The maximum absolute atomic E-state index is 13.1. The maximum atomic E-state index is 13.1. The van der Waals surface area contributed by atoms with Gasteiger partial charge < -0.3 is 4.90 Å². The number of likely N-dealkylation sites (N-methyl/N-ethyl adjacent to an activating group) is 1. The Balaban J connectivity index is 1.88. The first kappa shape index (κ1) is 21.8. The number of thiazole rings is 1. The van der Waals surface area contributed by atoms with Gasteiger partial charge in [0.15, 0.2) is 5.13 Å². The fraction of sp³-hybridized carbons (Fsp3) is 0.273. The molecule has 2 aromatic carbocycles. The number of amides is 1. The van der Waals surface area contributed by atoms with E-state index in [0.29, 0.717) is 21.7 Å². The van der Waals surface area contributed by atoms with Gasteiger partial charge in [-0.2, -0.15) is 0 Å². The van der Waals surface area contributed by atoms with E-state index in [4.69, 9.17) is 23.2 Å². The van der Waals surface area contributed by atoms with Crippen LogP contribution in [-0.4, -0.2) is 42.0 Å². The van der Waals surface area contributed by atoms with Crippen LogP contribution in [0.15, 0.2) is 48.5 Å². The molecule has 7 heteroatoms. The molecule has 4 nitrogen and oxygen atoms in total. The molecule has 3 rings (SSSR count). The number of nitrogens with zero attached hydrogens (tertiary/aromatic N) is 3. The summed E-state index contributed by atoms with van der Waals surface area (Å²) in [4.78, 5) is 21.7. The molecule has 1 amide bonds. The van der Waals surface area contributed by atoms with Gasteiger partial charge in [-0.15, -0.1) is 0 Å². The molecule has 0 spiro atoms. The molecule has 0 atom stereocenters. The van der Waals surface area contributed by atoms with Crippen LogP contribution in [0.2, 0.25) is 10.0 Å². The number of hydrogen-bond donors (Lipinski definition) is 0. The minimum absolute atomic E-state index is 0.123. The lowest BCUT2D eigenvalue weighted by molar-refractivity contribution is -0.114. The van der Waals surface area contributed by atoms with Crippen molar-refractivity contribution in [2.24, 2.45) is 0 Å². The van der Waals surface area contributed by atoms with Crippen LogP contribution in [0.3, 0.4) is 0 Å². The zero-order valence-corrected chi connectivity index (χ0v) is 18.8. The largest absolute Gasteiger partial charge is 0.302 e. The van der Waals surface area contributed by atoms with Crippen molar-refractivity contribution in [3.8, 4) is 0 Å². The van der Waals surface area contributed by atoms with Crippen molar-refractivity contribution in [1.82, 2.24) is 9.88 Å². The third kappa shape index (κ3) is 5.58. The smallest absolute Gasteiger partial charge is 0.252 e. The van der Waals surface area contributed by atoms with E-state index >= 15 is 0 Å². The van der Waals surface area contributed by atoms with Crippen LogP contribution in [0.25, 0.3) is 16.3 Å². The molecule has 0 unspecified atom stereocenters. The van der Waals surface area contributed by atoms with Crippen molar-refractivity contribution in [2.75, 3.05) is 31.1 Å². The summed E-state index contributed by atoms with van der Waals surface area (Å²) < 4.78 is 0.961. The van der Waals surface area contributed by atoms with Crippen LogP contribution in [0, 0.1) is 0 Å². The Labute approximate surface area is 185 Å². The maximum Gasteiger partial charge on any atom is 0.252 e. The van der Waals surface area contributed by atoms with Gasteiger partial charge in [0.25, 0.3) is 5.91 Å². The quantitative estimate of drug-likeness (QED) is 0.397. The monoisotopic (exact) mass is 447 g/mol. The molecule has 3 aromatic rings. The molecule has 29 heavy (non-hydrogen) atoms. The Morgan fingerprint density at radius 2 is 1.86 bits per heavy atom. The van der Waals surface area contributed by atoms with Gasteiger partial charge in [0.1, 0.15) is 0 Å². The van der Waals surface area contributed by atoms with Crippen LogP contribution in [0.1, 0.15) is 19.4 Å². The number of benzene rings is 2. The molecule has 0 aliphatic rings. The van der Waals surface area contributed by atoms with E-state index < -0.39 is 0 Å². The molecule has 0 saturated heterocycles. The van der Waals surface area contributed by atoms with Crippen molar-refractivity contribution < 1.29 is 4.79 Å². The van der Waals surface area contributed by atoms with E-state index in [9.17, 15) is 4.79 Å². The molecule has 0 radical (unpaired) electrons. The third-order valence-corrected chi connectivity index (χ3v) is 6.30. The molecule has 1 aromatic heterocycles. The first-order chi connectivity index (χ1) is 14.0. The van der Waals surface area contributed by atoms with Crippen molar-refractivity contribution >= 4 is 61.9 Å². The van der Waals surface area contributed by atoms with Crippen molar-refractivity contribution in [2.45, 2.75) is 13.8 Å². The van der Waals surface area contributed by atoms with Gasteiger partial charge in [0.2, 0.25) is 0 Å². The molecular formula is C22H23Cl2N3OS. The second-order valence-electron chi connectivity index (χ2n) is 6.48. The van der Waals surface area contributed by atoms with E-state index in [1.54, 1.807) is 23.1 Å². The van der Waals surface area contributed by atoms with Crippen LogP contribution in [-0.2, 0) is 4.79 Å². The second kappa shape index (κ2) is 10.2. The van der Waals surface area contributed by atoms with E-state index in [0.717, 1.165) is 35.4 Å². The predicted molar refractivity (Wildman–Crippen MR) is 125 cm³/mol. The Kier molecular flexibility index (Phi) is 7.67. The number of fused-ring (bicyclic) bond motifs is 1. The Morgan fingerprint density at radius 1 is 1.10 bits per heavy atom. The lowest BCUT2D eigenvalue weighted by Crippen LogP contribution is -2.38. The highest BCUT2D eigenvalue weighted by molar-refractivity contribution is 7.22. The predicted octanol–water partition coefficient (Wildman–Crippen LogP) is 5.99. The molecule has 0 N–H and O–H groups in total. The number of anilines is 1. The fourth-order valence-corrected chi connectivity index (χ4v) is 4.42. The van der Waals surface area contributed by atoms with E-state index in [-0.39, 0.29) is 5.91 Å². The van der Waals surface area contributed by atoms with E-state index in [1.165, 1.54) is 11.3 Å². The van der Waals surface area contributed by atoms with Gasteiger partial charge >= 0.3 is 0 Å². The van der Waals surface area contributed by atoms with Crippen LogP contribution in [0.4, 0.5) is 5.13 Å². The Morgan fingerprint density at radius 3 is 2.59 bits per heavy atom. The Hall–Kier alpha value is -1.92. The highest BCUT2D eigenvalue weighted by atomic mass is 35.5. The first-order valence-electron chi connectivity index (χ1n) is 9.54. The number of carbonyl (C=O) groups is 1. The average Bonchev–Trinajstić information content (AvgIpc) is 3.13. The van der Waals surface area contributed by atoms with Crippen LogP contribution in [0.5, 0.6) is 0 Å². The van der Waals surface area contributed by atoms with Crippen LogP contribution < -0.4 is 4.90 Å². The standard InChI is InChI=1S/C22H23Cl2N3OS/c1-3-26(4-2)13-14-27(21(28)12-9-16-7-5-6-8-18(16)24)22-25-19-11-10-17(23)15-20(19)29-22/h5-12,15H,3-4,13-14H2,1-2H3. The van der Waals surface area contributed by atoms with E-state index in [1.807, 2.05) is 36.4 Å². The third-order valence-electron chi connectivity index (χ3n) is 4.68. The molecule has 0 bridgehead atoms. The van der Waals surface area contributed by atoms with Crippen molar-refractivity contribution in [1.29, 1.82) is 0 Å². The topological polar surface area (TPSA) is 36.4 Å². The van der Waals surface area contributed by atoms with Gasteiger partial charge in [0.05, 0.1) is 10.2 Å². The van der Waals surface area contributed by atoms with Gasteiger partial charge in [-0.3, -0.25) is 9.69 Å². The summed E-state index contributed by atoms with van der Waals surface area (Å²) in [5.74, 6) is -0.123. The van der Waals surface area contributed by atoms with Crippen molar-refractivity contribution in [3.63, 3.8) is 0 Å². The number of halogens is 2. The van der Waals surface area contributed by atoms with Gasteiger partial charge in [-0.05, 0) is 49.0 Å². The molecule has 152 valence electrons. The number of rotatable bonds is 8. The minimum Gasteiger partial charge on any atom is -0.302 e. The zero-order valence-electron chi connectivity index (χ0n) is 16.4. The van der Waals surface area contributed by atoms with Gasteiger partial charge in [0, 0.05) is 29.2 Å². The molecule has 1 heterocycles. The second-order valence-corrected chi connectivity index (χ2v) is 8.33. The average molecular weight is 448 g/mol. The highest BCUT2D eigenvalue weighted by Crippen LogP contribution is 2.31. The van der Waals surface area contributed by atoms with Gasteiger partial charge in [-0.1, -0.05) is 66.6 Å². The zero-order chi connectivity index (χ0) is 20.8. The molecule has 0 saturated carbocycles. The molecule has 0 aliphatic carbocycles. The molecule has 0 aliphatic heterocycles. The number of carbonyl (C=O) groups excluding carboxylic acids is 1. The summed E-state index contributed by atoms with van der Waals surface area (Å²) in [6.07, 6.45) is 3.31. The summed E-state index contributed by atoms with van der Waals surface area (Å²) >= 11 is 13.8. The highest BCUT2D eigenvalue weighted by Gasteiger charge is 2.19. The number of aromatic nitrogens is 1. The lowest BCUT2D eigenvalue weighted by atomic mass is 10.2. The first-order valence-corrected chi connectivity index (χ1v) is 11.1. The summed E-state index contributed by atoms with van der Waals surface area (Å²) in [6.45, 7) is 7.43. The number of hydrogen-bond acceptors (Lipinski definition) is 4. The molecule has 0 fully saturated rings. The molecular weight excluding hydrogens is 425 g/mol. The lowest BCUT2D eigenvalue weighted by Gasteiger charge is -2.23. The van der Waals surface area contributed by atoms with Crippen molar-refractivity contribution in [3.05, 3.63) is 64.1 Å². The fourth-order valence-electron chi connectivity index (χ4n) is 2.94. The Bertz CT molecular complexity index is 1010. The minimum atomic E-state index is -0.123. The normalized spacial score (nSPS) is 11.6. The summed E-state index contributed by atoms with van der Waals surface area (Å²) in [6, 6.07) is 13.0. The van der Waals surface area contributed by atoms with E-state index in [2.05, 4.69) is 23.7 Å². The summed E-state index contributed by atoms with van der Waals surface area (Å²) in [5, 5.41) is 1.94.